The summed E-state index contributed by atoms with van der Waals surface area (Å²) in [7, 11) is -2.67. The van der Waals surface area contributed by atoms with Crippen molar-refractivity contribution in [2.24, 2.45) is 5.92 Å². The number of rotatable bonds is 11. The summed E-state index contributed by atoms with van der Waals surface area (Å²) in [5, 5.41) is 0.574. The molecule has 0 aliphatic carbocycles. The Morgan fingerprint density at radius 1 is 1.02 bits per heavy atom. The van der Waals surface area contributed by atoms with Crippen LogP contribution >= 0.6 is 0 Å². The second-order valence-electron chi connectivity index (χ2n) is 10.7. The van der Waals surface area contributed by atoms with E-state index in [9.17, 15) is 12.8 Å². The molecule has 0 spiro atoms. The number of benzene rings is 3. The zero-order valence-corrected chi connectivity index (χ0v) is 24.9. The number of primary sulfonamides is 1. The first-order valence-corrected chi connectivity index (χ1v) is 15.6. The summed E-state index contributed by atoms with van der Waals surface area (Å²) in [5.41, 5.74) is 6.18. The van der Waals surface area contributed by atoms with Crippen LogP contribution < -0.4 is 24.7 Å². The van der Waals surface area contributed by atoms with Gasteiger partial charge in [0, 0.05) is 48.6 Å². The van der Waals surface area contributed by atoms with Gasteiger partial charge in [0.25, 0.3) is 0 Å². The molecule has 1 aliphatic heterocycles. The van der Waals surface area contributed by atoms with Gasteiger partial charge in [0.05, 0.1) is 19.2 Å². The van der Waals surface area contributed by atoms with E-state index in [2.05, 4.69) is 16.8 Å². The van der Waals surface area contributed by atoms with E-state index in [0.717, 1.165) is 54.9 Å². The lowest BCUT2D eigenvalue weighted by molar-refractivity contribution is -0.397. The number of nitrogen functional groups attached to an aromatic ring is 1. The Labute approximate surface area is 249 Å². The lowest BCUT2D eigenvalue weighted by Gasteiger charge is -2.30. The number of aromatic nitrogens is 1. The number of nitrogens with zero attached hydrogens (tertiary/aromatic N) is 2. The van der Waals surface area contributed by atoms with Crippen LogP contribution in [0.3, 0.4) is 0 Å². The average molecular weight is 614 g/mol. The third-order valence-electron chi connectivity index (χ3n) is 7.33. The minimum atomic E-state index is -4.21. The number of sulfonamides is 1. The number of likely N-dealkylation sites (tertiary alicyclic amines) is 1. The summed E-state index contributed by atoms with van der Waals surface area (Å²) in [6, 6.07) is 12.0. The molecule has 1 aromatic heterocycles. The van der Waals surface area contributed by atoms with Crippen molar-refractivity contribution >= 4 is 32.3 Å². The summed E-state index contributed by atoms with van der Waals surface area (Å²) in [6.07, 6.45) is 4.94. The fraction of sp³-hybridized carbons (Fsp3) is 0.323. The molecule has 0 bridgehead atoms. The third-order valence-corrected chi connectivity index (χ3v) is 8.86. The Hall–Kier alpha value is -4.00. The zero-order valence-electron chi connectivity index (χ0n) is 24.1. The molecule has 4 N–H and O–H groups in total. The number of pyridine rings is 1. The molecule has 9 nitrogen and oxygen atoms in total. The highest BCUT2D eigenvalue weighted by molar-refractivity contribution is 7.85. The molecule has 228 valence electrons. The minimum absolute atomic E-state index is 0.0129. The molecule has 1 fully saturated rings. The van der Waals surface area contributed by atoms with Crippen LogP contribution in [0, 0.1) is 17.6 Å². The van der Waals surface area contributed by atoms with E-state index < -0.39 is 26.6 Å². The number of halogens is 2. The first-order chi connectivity index (χ1) is 20.6. The first-order valence-electron chi connectivity index (χ1n) is 14.1. The summed E-state index contributed by atoms with van der Waals surface area (Å²) in [6.45, 7) is 6.04. The SMILES string of the molecule is COc1cc2c(Oc3ccc([NH2+]S(=O)(=O)c4ccc(N)cc4F)cc3F)ccnc2cc1OCCCN1CCCC(C)C1. The summed E-state index contributed by atoms with van der Waals surface area (Å²) < 4.78 is 73.0. The van der Waals surface area contributed by atoms with Crippen LogP contribution in [0.1, 0.15) is 26.2 Å². The standard InChI is InChI=1S/C31H34F2N4O5S/c1-20-5-3-12-37(19-20)13-4-14-41-30-18-26-23(17-29(30)40-2)27(10-11-35-26)42-28-8-7-22(16-24(28)32)36-43(38,39)31-9-6-21(34)15-25(31)33/h6-11,15-18,20,36H,3-5,12-14,19,34H2,1-2H3/p+1. The van der Waals surface area contributed by atoms with E-state index >= 15 is 4.39 Å². The maximum Gasteiger partial charge on any atom is 0.331 e. The number of methoxy groups -OCH3 is 1. The number of anilines is 1. The second kappa shape index (κ2) is 13.1. The second-order valence-corrected chi connectivity index (χ2v) is 12.5. The normalized spacial score (nSPS) is 15.9. The van der Waals surface area contributed by atoms with Gasteiger partial charge in [-0.05, 0) is 68.1 Å². The molecule has 1 aliphatic rings. The average Bonchev–Trinajstić information content (AvgIpc) is 2.96. The summed E-state index contributed by atoms with van der Waals surface area (Å²) in [5.74, 6) is 0.163. The van der Waals surface area contributed by atoms with Crippen molar-refractivity contribution in [1.82, 2.24) is 9.88 Å². The van der Waals surface area contributed by atoms with Crippen molar-refractivity contribution in [3.05, 3.63) is 72.4 Å². The molecule has 43 heavy (non-hydrogen) atoms. The molecular weight excluding hydrogens is 578 g/mol. The van der Waals surface area contributed by atoms with Crippen LogP contribution in [0.2, 0.25) is 0 Å². The summed E-state index contributed by atoms with van der Waals surface area (Å²) in [4.78, 5) is 6.34. The molecule has 2 heterocycles. The maximum absolute atomic E-state index is 15.1. The first kappa shape index (κ1) is 30.5. The number of hydrogen-bond donors (Lipinski definition) is 2. The fourth-order valence-corrected chi connectivity index (χ4v) is 6.45. The molecule has 0 saturated carbocycles. The number of nitrogens with two attached hydrogens (primary N) is 2. The van der Waals surface area contributed by atoms with Gasteiger partial charge in [-0.15, -0.1) is 0 Å². The molecule has 1 saturated heterocycles. The van der Waals surface area contributed by atoms with Gasteiger partial charge in [-0.2, -0.15) is 8.42 Å². The quantitative estimate of drug-likeness (QED) is 0.180. The molecule has 3 aromatic carbocycles. The van der Waals surface area contributed by atoms with Gasteiger partial charge in [-0.3, -0.25) is 4.98 Å². The van der Waals surface area contributed by atoms with Crippen molar-refractivity contribution in [1.29, 1.82) is 0 Å². The van der Waals surface area contributed by atoms with E-state index in [4.69, 9.17) is 19.9 Å². The molecule has 12 heteroatoms. The van der Waals surface area contributed by atoms with Crippen LogP contribution in [-0.4, -0.2) is 51.7 Å². The Morgan fingerprint density at radius 3 is 2.60 bits per heavy atom. The number of ether oxygens (including phenoxy) is 3. The van der Waals surface area contributed by atoms with Crippen molar-refractivity contribution in [2.45, 2.75) is 31.1 Å². The highest BCUT2D eigenvalue weighted by atomic mass is 32.2. The van der Waals surface area contributed by atoms with E-state index in [1.54, 1.807) is 31.5 Å². The molecule has 1 atom stereocenters. The maximum atomic E-state index is 15.1. The Balaban J connectivity index is 1.29. The zero-order chi connectivity index (χ0) is 30.6. The van der Waals surface area contributed by atoms with Crippen LogP contribution in [0.15, 0.2) is 65.7 Å². The number of fused-ring (bicyclic) bond motifs is 1. The van der Waals surface area contributed by atoms with Gasteiger partial charge in [-0.25, -0.2) is 13.5 Å². The Kier molecular flexibility index (Phi) is 9.28. The topological polar surface area (TPSA) is 121 Å². The predicted molar refractivity (Wildman–Crippen MR) is 159 cm³/mol. The molecule has 1 unspecified atom stereocenters. The van der Waals surface area contributed by atoms with E-state index in [0.29, 0.717) is 34.8 Å². The monoisotopic (exact) mass is 613 g/mol. The fourth-order valence-electron chi connectivity index (χ4n) is 5.23. The van der Waals surface area contributed by atoms with Gasteiger partial charge in [0.15, 0.2) is 28.0 Å². The lowest BCUT2D eigenvalue weighted by atomic mass is 10.0. The van der Waals surface area contributed by atoms with Crippen LogP contribution in [0.25, 0.3) is 10.9 Å². The Bertz CT molecular complexity index is 1720. The number of piperidine rings is 1. The van der Waals surface area contributed by atoms with Gasteiger partial charge >= 0.3 is 10.0 Å². The van der Waals surface area contributed by atoms with Crippen molar-refractivity contribution in [2.75, 3.05) is 39.1 Å². The van der Waals surface area contributed by atoms with Gasteiger partial charge < -0.3 is 24.8 Å². The highest BCUT2D eigenvalue weighted by Crippen LogP contribution is 2.38. The highest BCUT2D eigenvalue weighted by Gasteiger charge is 2.25. The largest absolute Gasteiger partial charge is 0.493 e. The van der Waals surface area contributed by atoms with Gasteiger partial charge in [0.1, 0.15) is 17.3 Å². The number of hydrogen-bond acceptors (Lipinski definition) is 8. The van der Waals surface area contributed by atoms with Crippen LogP contribution in [0.4, 0.5) is 20.2 Å². The van der Waals surface area contributed by atoms with Gasteiger partial charge in [-0.1, -0.05) is 6.92 Å². The van der Waals surface area contributed by atoms with Crippen molar-refractivity contribution < 1.29 is 36.1 Å². The van der Waals surface area contributed by atoms with Crippen molar-refractivity contribution in [3.8, 4) is 23.0 Å². The van der Waals surface area contributed by atoms with E-state index in [1.807, 2.05) is 0 Å². The Morgan fingerprint density at radius 2 is 1.86 bits per heavy atom. The molecule has 4 aromatic rings. The minimum Gasteiger partial charge on any atom is -0.493 e. The van der Waals surface area contributed by atoms with Crippen LogP contribution in [0.5, 0.6) is 23.0 Å². The van der Waals surface area contributed by atoms with Crippen molar-refractivity contribution in [3.63, 3.8) is 0 Å². The molecular formula is C31H35F2N4O5S+. The molecule has 5 rings (SSSR count). The molecule has 0 amide bonds. The third kappa shape index (κ3) is 7.32. The van der Waals surface area contributed by atoms with E-state index in [1.165, 1.54) is 31.0 Å². The summed E-state index contributed by atoms with van der Waals surface area (Å²) >= 11 is 0. The number of quaternary nitrogens is 1. The molecule has 0 radical (unpaired) electrons. The predicted octanol–water partition coefficient (Wildman–Crippen LogP) is 4.98. The lowest BCUT2D eigenvalue weighted by Crippen LogP contribution is -2.81. The van der Waals surface area contributed by atoms with E-state index in [-0.39, 0.29) is 17.1 Å². The van der Waals surface area contributed by atoms with Gasteiger partial charge in [0.2, 0.25) is 0 Å². The smallest absolute Gasteiger partial charge is 0.331 e. The van der Waals surface area contributed by atoms with Crippen LogP contribution in [-0.2, 0) is 10.0 Å².